The molecule has 0 radical (unpaired) electrons. The number of benzene rings is 1. The first-order valence-electron chi connectivity index (χ1n) is 6.05. The topological polar surface area (TPSA) is 46.2 Å². The Morgan fingerprint density at radius 2 is 1.83 bits per heavy atom. The summed E-state index contributed by atoms with van der Waals surface area (Å²) in [7, 11) is -3.26. The standard InChI is InChI=1S/C13H20ClNO2S/c1-11(13-6-4-3-5-7-13)10-18(16,17)15-12(2)8-9-14/h3-7,11-12,15H,8-10H2,1-2H3. The number of alkyl halides is 1. The third-order valence-electron chi connectivity index (χ3n) is 2.76. The van der Waals surface area contributed by atoms with Crippen LogP contribution in [0.1, 0.15) is 31.7 Å². The highest BCUT2D eigenvalue weighted by atomic mass is 35.5. The molecule has 1 N–H and O–H groups in total. The molecule has 3 nitrogen and oxygen atoms in total. The lowest BCUT2D eigenvalue weighted by Crippen LogP contribution is -2.35. The number of halogens is 1. The van der Waals surface area contributed by atoms with E-state index in [0.717, 1.165) is 5.56 Å². The van der Waals surface area contributed by atoms with Gasteiger partial charge in [-0.3, -0.25) is 0 Å². The van der Waals surface area contributed by atoms with Crippen molar-refractivity contribution in [2.75, 3.05) is 11.6 Å². The van der Waals surface area contributed by atoms with E-state index in [1.807, 2.05) is 44.2 Å². The van der Waals surface area contributed by atoms with Crippen molar-refractivity contribution in [3.63, 3.8) is 0 Å². The molecule has 0 bridgehead atoms. The van der Waals surface area contributed by atoms with Crippen LogP contribution in [0.2, 0.25) is 0 Å². The number of nitrogens with one attached hydrogen (secondary N) is 1. The van der Waals surface area contributed by atoms with Gasteiger partial charge in [-0.05, 0) is 24.8 Å². The molecule has 1 rings (SSSR count). The van der Waals surface area contributed by atoms with E-state index in [9.17, 15) is 8.42 Å². The van der Waals surface area contributed by atoms with E-state index in [4.69, 9.17) is 11.6 Å². The molecule has 0 aromatic heterocycles. The molecule has 18 heavy (non-hydrogen) atoms. The molecule has 5 heteroatoms. The first-order chi connectivity index (χ1) is 8.44. The molecule has 0 spiro atoms. The normalized spacial score (nSPS) is 15.3. The summed E-state index contributed by atoms with van der Waals surface area (Å²) >= 11 is 5.59. The third kappa shape index (κ3) is 5.38. The fourth-order valence-electron chi connectivity index (χ4n) is 1.78. The van der Waals surface area contributed by atoms with Crippen LogP contribution < -0.4 is 4.72 Å². The van der Waals surface area contributed by atoms with Crippen molar-refractivity contribution in [2.45, 2.75) is 32.2 Å². The van der Waals surface area contributed by atoms with Crippen molar-refractivity contribution in [1.29, 1.82) is 0 Å². The van der Waals surface area contributed by atoms with Crippen LogP contribution in [0.25, 0.3) is 0 Å². The minimum atomic E-state index is -3.26. The van der Waals surface area contributed by atoms with E-state index in [2.05, 4.69) is 4.72 Å². The molecule has 0 aliphatic heterocycles. The lowest BCUT2D eigenvalue weighted by Gasteiger charge is -2.16. The highest BCUT2D eigenvalue weighted by Crippen LogP contribution is 2.16. The quantitative estimate of drug-likeness (QED) is 0.785. The SMILES string of the molecule is CC(CCCl)NS(=O)(=O)CC(C)c1ccccc1. The molecule has 0 amide bonds. The van der Waals surface area contributed by atoms with Crippen LogP contribution in [0.5, 0.6) is 0 Å². The molecule has 0 heterocycles. The molecular formula is C13H20ClNO2S. The van der Waals surface area contributed by atoms with Gasteiger partial charge in [-0.1, -0.05) is 37.3 Å². The zero-order valence-electron chi connectivity index (χ0n) is 10.8. The maximum atomic E-state index is 11.9. The van der Waals surface area contributed by atoms with Crippen molar-refractivity contribution in [2.24, 2.45) is 0 Å². The van der Waals surface area contributed by atoms with Gasteiger partial charge in [0.15, 0.2) is 0 Å². The van der Waals surface area contributed by atoms with Crippen LogP contribution in [-0.4, -0.2) is 26.1 Å². The zero-order chi connectivity index (χ0) is 13.6. The Kier molecular flexibility index (Phi) is 6.12. The number of sulfonamides is 1. The average molecular weight is 290 g/mol. The maximum Gasteiger partial charge on any atom is 0.212 e. The Labute approximate surface area is 115 Å². The van der Waals surface area contributed by atoms with E-state index in [1.54, 1.807) is 0 Å². The van der Waals surface area contributed by atoms with Crippen LogP contribution in [0, 0.1) is 0 Å². The predicted molar refractivity (Wildman–Crippen MR) is 76.6 cm³/mol. The number of hydrogen-bond donors (Lipinski definition) is 1. The maximum absolute atomic E-state index is 11.9. The minimum absolute atomic E-state index is 0.0214. The smallest absolute Gasteiger partial charge is 0.212 e. The first-order valence-corrected chi connectivity index (χ1v) is 8.24. The molecular weight excluding hydrogens is 270 g/mol. The van der Waals surface area contributed by atoms with Gasteiger partial charge < -0.3 is 0 Å². The molecule has 0 saturated carbocycles. The van der Waals surface area contributed by atoms with Gasteiger partial charge in [0.25, 0.3) is 0 Å². The van der Waals surface area contributed by atoms with Crippen molar-refractivity contribution in [3.05, 3.63) is 35.9 Å². The van der Waals surface area contributed by atoms with Gasteiger partial charge in [-0.15, -0.1) is 11.6 Å². The van der Waals surface area contributed by atoms with E-state index in [0.29, 0.717) is 12.3 Å². The lowest BCUT2D eigenvalue weighted by molar-refractivity contribution is 0.552. The van der Waals surface area contributed by atoms with Crippen LogP contribution in [0.4, 0.5) is 0 Å². The highest BCUT2D eigenvalue weighted by molar-refractivity contribution is 7.89. The second-order valence-corrected chi connectivity index (χ2v) is 6.77. The molecule has 0 aliphatic carbocycles. The van der Waals surface area contributed by atoms with Gasteiger partial charge in [0.1, 0.15) is 0 Å². The molecule has 0 aliphatic rings. The lowest BCUT2D eigenvalue weighted by atomic mass is 10.0. The van der Waals surface area contributed by atoms with Crippen molar-refractivity contribution in [1.82, 2.24) is 4.72 Å². The van der Waals surface area contributed by atoms with Crippen molar-refractivity contribution in [3.8, 4) is 0 Å². The highest BCUT2D eigenvalue weighted by Gasteiger charge is 2.18. The monoisotopic (exact) mass is 289 g/mol. The molecule has 2 atom stereocenters. The molecule has 1 aromatic carbocycles. The Balaban J connectivity index is 2.60. The largest absolute Gasteiger partial charge is 0.212 e. The van der Waals surface area contributed by atoms with E-state index in [1.165, 1.54) is 0 Å². The Hall–Kier alpha value is -0.580. The van der Waals surface area contributed by atoms with Crippen molar-refractivity contribution >= 4 is 21.6 Å². The van der Waals surface area contributed by atoms with Crippen LogP contribution in [0.15, 0.2) is 30.3 Å². The van der Waals surface area contributed by atoms with Gasteiger partial charge in [-0.25, -0.2) is 13.1 Å². The Morgan fingerprint density at radius 3 is 2.39 bits per heavy atom. The van der Waals surface area contributed by atoms with Gasteiger partial charge in [0, 0.05) is 11.9 Å². The van der Waals surface area contributed by atoms with Gasteiger partial charge >= 0.3 is 0 Å². The number of hydrogen-bond acceptors (Lipinski definition) is 2. The second-order valence-electron chi connectivity index (χ2n) is 4.59. The summed E-state index contributed by atoms with van der Waals surface area (Å²) < 4.78 is 26.5. The third-order valence-corrected chi connectivity index (χ3v) is 4.68. The summed E-state index contributed by atoms with van der Waals surface area (Å²) in [5.74, 6) is 0.536. The minimum Gasteiger partial charge on any atom is -0.212 e. The van der Waals surface area contributed by atoms with Crippen molar-refractivity contribution < 1.29 is 8.42 Å². The first kappa shape index (κ1) is 15.5. The molecule has 0 saturated heterocycles. The summed E-state index contributed by atoms with van der Waals surface area (Å²) in [6.45, 7) is 3.74. The molecule has 1 aromatic rings. The summed E-state index contributed by atoms with van der Waals surface area (Å²) in [5, 5.41) is 0. The summed E-state index contributed by atoms with van der Waals surface area (Å²) in [5.41, 5.74) is 1.04. The Bertz CT molecular complexity index is 447. The second kappa shape index (κ2) is 7.12. The number of rotatable bonds is 7. The van der Waals surface area contributed by atoms with Crippen LogP contribution in [-0.2, 0) is 10.0 Å². The van der Waals surface area contributed by atoms with Crippen LogP contribution in [0.3, 0.4) is 0 Å². The fourth-order valence-corrected chi connectivity index (χ4v) is 3.79. The average Bonchev–Trinajstić information content (AvgIpc) is 2.29. The van der Waals surface area contributed by atoms with Crippen LogP contribution >= 0.6 is 11.6 Å². The molecule has 102 valence electrons. The summed E-state index contributed by atoms with van der Waals surface area (Å²) in [4.78, 5) is 0. The fraction of sp³-hybridized carbons (Fsp3) is 0.538. The van der Waals surface area contributed by atoms with E-state index < -0.39 is 10.0 Å². The summed E-state index contributed by atoms with van der Waals surface area (Å²) in [6.07, 6.45) is 0.639. The van der Waals surface area contributed by atoms with Gasteiger partial charge in [0.2, 0.25) is 10.0 Å². The van der Waals surface area contributed by atoms with Gasteiger partial charge in [0.05, 0.1) is 5.75 Å². The zero-order valence-corrected chi connectivity index (χ0v) is 12.3. The van der Waals surface area contributed by atoms with E-state index in [-0.39, 0.29) is 17.7 Å². The summed E-state index contributed by atoms with van der Waals surface area (Å²) in [6, 6.07) is 9.54. The van der Waals surface area contributed by atoms with Gasteiger partial charge in [-0.2, -0.15) is 0 Å². The van der Waals surface area contributed by atoms with E-state index >= 15 is 0 Å². The molecule has 2 unspecified atom stereocenters. The molecule has 0 fully saturated rings. The predicted octanol–water partition coefficient (Wildman–Crippen LogP) is 2.73. The Morgan fingerprint density at radius 1 is 1.22 bits per heavy atom.